The first kappa shape index (κ1) is 22.7. The minimum atomic E-state index is -0.0689. The van der Waals surface area contributed by atoms with E-state index in [9.17, 15) is 9.59 Å². The Morgan fingerprint density at radius 3 is 2.77 bits per heavy atom. The van der Waals surface area contributed by atoms with Crippen molar-refractivity contribution in [3.63, 3.8) is 0 Å². The van der Waals surface area contributed by atoms with E-state index in [2.05, 4.69) is 26.1 Å². The van der Waals surface area contributed by atoms with Gasteiger partial charge in [0.15, 0.2) is 5.16 Å². The molecule has 31 heavy (non-hydrogen) atoms. The number of fused-ring (bicyclic) bond motifs is 3. The van der Waals surface area contributed by atoms with Crippen LogP contribution in [0.25, 0.3) is 10.9 Å². The predicted molar refractivity (Wildman–Crippen MR) is 128 cm³/mol. The summed E-state index contributed by atoms with van der Waals surface area (Å²) in [6.45, 7) is 7.00. The van der Waals surface area contributed by atoms with Crippen LogP contribution in [0.2, 0.25) is 5.02 Å². The molecule has 2 aliphatic carbocycles. The number of carbonyl (C=O) groups excluding carboxylic acids is 1. The number of carbonyl (C=O) groups is 1. The molecule has 1 aromatic heterocycles. The number of nitrogens with zero attached hydrogens (tertiary/aromatic N) is 2. The topological polar surface area (TPSA) is 64.0 Å². The molecule has 2 aliphatic rings. The minimum absolute atomic E-state index is 0.0103. The summed E-state index contributed by atoms with van der Waals surface area (Å²) in [6.07, 6.45) is 6.15. The molecule has 7 heteroatoms. The third-order valence-corrected chi connectivity index (χ3v) is 8.18. The summed E-state index contributed by atoms with van der Waals surface area (Å²) >= 11 is 7.46. The van der Waals surface area contributed by atoms with Gasteiger partial charge >= 0.3 is 0 Å². The smallest absolute Gasteiger partial charge is 0.262 e. The van der Waals surface area contributed by atoms with Gasteiger partial charge in [0.25, 0.3) is 5.56 Å². The fraction of sp³-hybridized carbons (Fsp3) is 0.625. The van der Waals surface area contributed by atoms with Gasteiger partial charge in [-0.3, -0.25) is 14.2 Å². The van der Waals surface area contributed by atoms with Crippen LogP contribution in [0, 0.1) is 23.7 Å². The van der Waals surface area contributed by atoms with Crippen molar-refractivity contribution in [1.29, 1.82) is 0 Å². The van der Waals surface area contributed by atoms with Gasteiger partial charge in [-0.05, 0) is 74.5 Å². The normalized spacial score (nSPS) is 23.6. The zero-order valence-corrected chi connectivity index (χ0v) is 20.1. The summed E-state index contributed by atoms with van der Waals surface area (Å²) in [4.78, 5) is 30.5. The number of amides is 1. The lowest BCUT2D eigenvalue weighted by molar-refractivity contribution is -0.119. The monoisotopic (exact) mass is 461 g/mol. The maximum absolute atomic E-state index is 13.1. The minimum Gasteiger partial charge on any atom is -0.353 e. The number of hydrogen-bond donors (Lipinski definition) is 1. The summed E-state index contributed by atoms with van der Waals surface area (Å²) in [7, 11) is 0. The van der Waals surface area contributed by atoms with Crippen LogP contribution in [-0.2, 0) is 11.3 Å². The van der Waals surface area contributed by atoms with Crippen LogP contribution in [0.15, 0.2) is 28.2 Å². The zero-order chi connectivity index (χ0) is 22.1. The summed E-state index contributed by atoms with van der Waals surface area (Å²) in [5, 5.41) is 4.91. The fourth-order valence-corrected chi connectivity index (χ4v) is 6.31. The van der Waals surface area contributed by atoms with E-state index in [1.807, 2.05) is 0 Å². The zero-order valence-electron chi connectivity index (χ0n) is 18.6. The molecule has 0 radical (unpaired) electrons. The average molecular weight is 462 g/mol. The molecule has 1 amide bonds. The van der Waals surface area contributed by atoms with E-state index in [1.54, 1.807) is 22.8 Å². The van der Waals surface area contributed by atoms with Crippen LogP contribution in [-0.4, -0.2) is 27.3 Å². The summed E-state index contributed by atoms with van der Waals surface area (Å²) in [5.41, 5.74) is 0.511. The van der Waals surface area contributed by atoms with Crippen molar-refractivity contribution >= 4 is 40.2 Å². The molecule has 1 aromatic carbocycles. The first-order valence-electron chi connectivity index (χ1n) is 11.4. The van der Waals surface area contributed by atoms with Crippen molar-refractivity contribution in [1.82, 2.24) is 14.9 Å². The number of nitrogens with one attached hydrogen (secondary N) is 1. The Balaban J connectivity index is 1.47. The Kier molecular flexibility index (Phi) is 6.97. The van der Waals surface area contributed by atoms with Crippen LogP contribution < -0.4 is 10.9 Å². The highest BCUT2D eigenvalue weighted by molar-refractivity contribution is 7.99. The quantitative estimate of drug-likeness (QED) is 0.437. The molecule has 2 bridgehead atoms. The van der Waals surface area contributed by atoms with Crippen LogP contribution in [0.3, 0.4) is 0 Å². The van der Waals surface area contributed by atoms with Crippen molar-refractivity contribution in [3.05, 3.63) is 33.6 Å². The van der Waals surface area contributed by atoms with Crippen molar-refractivity contribution in [2.75, 3.05) is 5.75 Å². The average Bonchev–Trinajstić information content (AvgIpc) is 3.35. The molecule has 4 rings (SSSR count). The number of hydrogen-bond acceptors (Lipinski definition) is 4. The van der Waals surface area contributed by atoms with E-state index in [0.717, 1.165) is 18.3 Å². The van der Waals surface area contributed by atoms with Gasteiger partial charge in [-0.1, -0.05) is 43.6 Å². The molecule has 4 atom stereocenters. The van der Waals surface area contributed by atoms with Gasteiger partial charge in [-0.15, -0.1) is 0 Å². The molecule has 168 valence electrons. The van der Waals surface area contributed by atoms with E-state index in [-0.39, 0.29) is 23.3 Å². The Morgan fingerprint density at radius 1 is 1.29 bits per heavy atom. The first-order valence-corrected chi connectivity index (χ1v) is 12.8. The Bertz CT molecular complexity index is 1020. The molecule has 5 nitrogen and oxygen atoms in total. The Labute approximate surface area is 193 Å². The third kappa shape index (κ3) is 5.11. The number of halogens is 1. The predicted octanol–water partition coefficient (Wildman–Crippen LogP) is 5.13. The van der Waals surface area contributed by atoms with Crippen LogP contribution >= 0.6 is 23.4 Å². The third-order valence-electron chi connectivity index (χ3n) is 6.97. The van der Waals surface area contributed by atoms with Crippen molar-refractivity contribution in [3.8, 4) is 0 Å². The summed E-state index contributed by atoms with van der Waals surface area (Å²) in [6, 6.07) is 5.37. The second-order valence-electron chi connectivity index (χ2n) is 9.68. The first-order chi connectivity index (χ1) is 14.8. The van der Waals surface area contributed by atoms with Gasteiger partial charge in [0.05, 0.1) is 16.7 Å². The molecule has 0 saturated heterocycles. The number of thioether (sulfide) groups is 1. The maximum atomic E-state index is 13.1. The Morgan fingerprint density at radius 2 is 2.10 bits per heavy atom. The molecule has 2 aromatic rings. The SMILES string of the molecule is CC(C)CCn1c(SCC(=O)N[C@@H](C)[C@@H]2C[C@H]3CC[C@H]2C3)nc2cc(Cl)ccc2c1=O. The summed E-state index contributed by atoms with van der Waals surface area (Å²) < 4.78 is 1.72. The summed E-state index contributed by atoms with van der Waals surface area (Å²) in [5.74, 6) is 2.99. The van der Waals surface area contributed by atoms with Gasteiger partial charge < -0.3 is 5.32 Å². The molecule has 0 aliphatic heterocycles. The van der Waals surface area contributed by atoms with Crippen molar-refractivity contribution in [2.24, 2.45) is 23.7 Å². The highest BCUT2D eigenvalue weighted by Crippen LogP contribution is 2.49. The Hall–Kier alpha value is -1.53. The van der Waals surface area contributed by atoms with Gasteiger partial charge in [-0.2, -0.15) is 0 Å². The fourth-order valence-electron chi connectivity index (χ4n) is 5.31. The van der Waals surface area contributed by atoms with Crippen LogP contribution in [0.5, 0.6) is 0 Å². The van der Waals surface area contributed by atoms with E-state index < -0.39 is 0 Å². The lowest BCUT2D eigenvalue weighted by Gasteiger charge is -2.28. The molecular formula is C24H32ClN3O2S. The van der Waals surface area contributed by atoms with E-state index in [0.29, 0.717) is 39.5 Å². The van der Waals surface area contributed by atoms with Crippen LogP contribution in [0.1, 0.15) is 52.9 Å². The molecule has 0 unspecified atom stereocenters. The molecule has 2 saturated carbocycles. The maximum Gasteiger partial charge on any atom is 0.262 e. The van der Waals surface area contributed by atoms with Crippen molar-refractivity contribution < 1.29 is 4.79 Å². The highest BCUT2D eigenvalue weighted by atomic mass is 35.5. The van der Waals surface area contributed by atoms with E-state index >= 15 is 0 Å². The van der Waals surface area contributed by atoms with E-state index in [4.69, 9.17) is 16.6 Å². The van der Waals surface area contributed by atoms with Gasteiger partial charge in [0.2, 0.25) is 5.91 Å². The second kappa shape index (κ2) is 9.53. The standard InChI is InChI=1S/C24H32ClN3O2S/c1-14(2)8-9-28-23(30)19-7-6-18(25)12-21(19)27-24(28)31-13-22(29)26-15(3)20-11-16-4-5-17(20)10-16/h6-7,12,14-17,20H,4-5,8-11,13H2,1-3H3,(H,26,29)/t15-,16-,17-,20-/m0/s1. The number of aromatic nitrogens is 2. The molecule has 0 spiro atoms. The van der Waals surface area contributed by atoms with Gasteiger partial charge in [0, 0.05) is 17.6 Å². The molecule has 1 N–H and O–H groups in total. The molecule has 1 heterocycles. The lowest BCUT2D eigenvalue weighted by Crippen LogP contribution is -2.41. The lowest BCUT2D eigenvalue weighted by atomic mass is 9.84. The van der Waals surface area contributed by atoms with Crippen molar-refractivity contribution in [2.45, 2.75) is 70.6 Å². The molecular weight excluding hydrogens is 430 g/mol. The number of rotatable bonds is 8. The highest BCUT2D eigenvalue weighted by Gasteiger charge is 2.42. The second-order valence-corrected chi connectivity index (χ2v) is 11.1. The van der Waals surface area contributed by atoms with E-state index in [1.165, 1.54) is 37.4 Å². The van der Waals surface area contributed by atoms with Gasteiger partial charge in [-0.25, -0.2) is 4.98 Å². The molecule has 2 fully saturated rings. The largest absolute Gasteiger partial charge is 0.353 e. The van der Waals surface area contributed by atoms with Gasteiger partial charge in [0.1, 0.15) is 0 Å². The number of benzene rings is 1. The van der Waals surface area contributed by atoms with Crippen LogP contribution in [0.4, 0.5) is 0 Å².